The Labute approximate surface area is 127 Å². The van der Waals surface area contributed by atoms with Crippen molar-refractivity contribution in [3.63, 3.8) is 0 Å². The van der Waals surface area contributed by atoms with Crippen LogP contribution in [0.1, 0.15) is 38.0 Å². The van der Waals surface area contributed by atoms with Crippen molar-refractivity contribution in [3.8, 4) is 11.4 Å². The normalized spacial score (nSPS) is 20.9. The molecule has 112 valence electrons. The molecule has 6 heteroatoms. The van der Waals surface area contributed by atoms with E-state index in [4.69, 9.17) is 4.52 Å². The third-order valence-electron chi connectivity index (χ3n) is 4.04. The Morgan fingerprint density at radius 3 is 2.86 bits per heavy atom. The molecule has 1 saturated carbocycles. The number of aromatic nitrogens is 2. The van der Waals surface area contributed by atoms with Gasteiger partial charge in [0.05, 0.1) is 12.0 Å². The number of carbonyl (C=O) groups excluding carboxylic acids is 1. The first-order valence-electron chi connectivity index (χ1n) is 7.57. The van der Waals surface area contributed by atoms with E-state index in [-0.39, 0.29) is 11.9 Å². The van der Waals surface area contributed by atoms with Crippen LogP contribution in [0.15, 0.2) is 33.8 Å². The molecule has 4 rings (SSSR count). The fourth-order valence-corrected chi connectivity index (χ4v) is 2.60. The number of benzene rings is 1. The lowest BCUT2D eigenvalue weighted by atomic mass is 10.1. The molecular formula is C16H16N4O2. The highest BCUT2D eigenvalue weighted by molar-refractivity contribution is 6.16. The van der Waals surface area contributed by atoms with Crippen LogP contribution in [0.25, 0.3) is 11.4 Å². The number of carbonyl (C=O) groups is 1. The number of anilines is 1. The van der Waals surface area contributed by atoms with Crippen LogP contribution in [0.5, 0.6) is 0 Å². The Morgan fingerprint density at radius 2 is 2.14 bits per heavy atom. The number of aliphatic imine (C=N–C) groups is 1. The van der Waals surface area contributed by atoms with Gasteiger partial charge in [0, 0.05) is 11.5 Å². The minimum absolute atomic E-state index is 0.0131. The van der Waals surface area contributed by atoms with Crippen molar-refractivity contribution in [2.75, 3.05) is 4.90 Å². The number of hydrogen-bond donors (Lipinski definition) is 0. The van der Waals surface area contributed by atoms with Gasteiger partial charge >= 0.3 is 0 Å². The van der Waals surface area contributed by atoms with E-state index in [1.165, 1.54) is 0 Å². The molecule has 2 aliphatic rings. The van der Waals surface area contributed by atoms with Crippen LogP contribution < -0.4 is 4.90 Å². The maximum atomic E-state index is 12.4. The zero-order chi connectivity index (χ0) is 15.1. The smallest absolute Gasteiger partial charge is 0.257 e. The molecule has 22 heavy (non-hydrogen) atoms. The van der Waals surface area contributed by atoms with Crippen LogP contribution in [0, 0.1) is 0 Å². The Kier molecular flexibility index (Phi) is 3.03. The molecule has 1 fully saturated rings. The quantitative estimate of drug-likeness (QED) is 0.869. The summed E-state index contributed by atoms with van der Waals surface area (Å²) in [6.07, 6.45) is 4.51. The van der Waals surface area contributed by atoms with E-state index in [0.29, 0.717) is 24.1 Å². The first kappa shape index (κ1) is 13.2. The van der Waals surface area contributed by atoms with E-state index in [9.17, 15) is 4.79 Å². The molecule has 1 aliphatic carbocycles. The molecule has 1 aromatic carbocycles. The van der Waals surface area contributed by atoms with Gasteiger partial charge in [-0.2, -0.15) is 4.98 Å². The zero-order valence-corrected chi connectivity index (χ0v) is 12.3. The lowest BCUT2D eigenvalue weighted by Crippen LogP contribution is -2.30. The van der Waals surface area contributed by atoms with E-state index in [2.05, 4.69) is 15.1 Å². The molecule has 2 aromatic rings. The zero-order valence-electron chi connectivity index (χ0n) is 12.3. The van der Waals surface area contributed by atoms with E-state index in [0.717, 1.165) is 24.1 Å². The van der Waals surface area contributed by atoms with Crippen LogP contribution in [0.2, 0.25) is 0 Å². The third-order valence-corrected chi connectivity index (χ3v) is 4.04. The summed E-state index contributed by atoms with van der Waals surface area (Å²) in [6.45, 7) is 1.95. The van der Waals surface area contributed by atoms with E-state index < -0.39 is 0 Å². The molecular weight excluding hydrogens is 280 g/mol. The topological polar surface area (TPSA) is 71.6 Å². The van der Waals surface area contributed by atoms with Gasteiger partial charge in [-0.25, -0.2) is 0 Å². The van der Waals surface area contributed by atoms with E-state index in [1.54, 1.807) is 11.2 Å². The molecule has 1 aliphatic heterocycles. The summed E-state index contributed by atoms with van der Waals surface area (Å²) in [5.74, 6) is 1.62. The molecule has 0 bridgehead atoms. The van der Waals surface area contributed by atoms with Gasteiger partial charge in [-0.3, -0.25) is 14.7 Å². The average molecular weight is 296 g/mol. The van der Waals surface area contributed by atoms with Gasteiger partial charge in [0.2, 0.25) is 11.7 Å². The summed E-state index contributed by atoms with van der Waals surface area (Å²) in [5, 5.41) is 4.08. The van der Waals surface area contributed by atoms with Gasteiger partial charge < -0.3 is 4.52 Å². The van der Waals surface area contributed by atoms with Crippen LogP contribution in [-0.4, -0.2) is 28.4 Å². The van der Waals surface area contributed by atoms with Crippen molar-refractivity contribution in [1.82, 2.24) is 10.1 Å². The van der Waals surface area contributed by atoms with Gasteiger partial charge in [-0.05, 0) is 31.4 Å². The van der Waals surface area contributed by atoms with Crippen molar-refractivity contribution in [1.29, 1.82) is 0 Å². The fraction of sp³-hybridized carbons (Fsp3) is 0.375. The molecule has 1 aromatic heterocycles. The Balaban J connectivity index is 1.71. The summed E-state index contributed by atoms with van der Waals surface area (Å²) >= 11 is 0. The van der Waals surface area contributed by atoms with Crippen LogP contribution in [0.4, 0.5) is 5.69 Å². The Bertz CT molecular complexity index is 748. The number of para-hydroxylation sites is 1. The number of nitrogens with zero attached hydrogens (tertiary/aromatic N) is 4. The molecule has 0 radical (unpaired) electrons. The molecule has 0 N–H and O–H groups in total. The number of hydrogen-bond acceptors (Lipinski definition) is 5. The summed E-state index contributed by atoms with van der Waals surface area (Å²) in [6, 6.07) is 7.28. The highest BCUT2D eigenvalue weighted by atomic mass is 16.5. The summed E-state index contributed by atoms with van der Waals surface area (Å²) in [7, 11) is 0. The minimum Gasteiger partial charge on any atom is -0.339 e. The van der Waals surface area contributed by atoms with Crippen LogP contribution in [-0.2, 0) is 4.79 Å². The molecule has 2 heterocycles. The van der Waals surface area contributed by atoms with Crippen molar-refractivity contribution in [3.05, 3.63) is 30.2 Å². The lowest BCUT2D eigenvalue weighted by molar-refractivity contribution is -0.118. The van der Waals surface area contributed by atoms with Gasteiger partial charge in [0.1, 0.15) is 6.04 Å². The first-order chi connectivity index (χ1) is 10.8. The van der Waals surface area contributed by atoms with Crippen LogP contribution >= 0.6 is 0 Å². The van der Waals surface area contributed by atoms with Crippen molar-refractivity contribution < 1.29 is 9.32 Å². The summed E-state index contributed by atoms with van der Waals surface area (Å²) in [5.41, 5.74) is 1.53. The maximum absolute atomic E-state index is 12.4. The molecule has 1 atom stereocenters. The fourth-order valence-electron chi connectivity index (χ4n) is 2.60. The monoisotopic (exact) mass is 296 g/mol. The van der Waals surface area contributed by atoms with Crippen molar-refractivity contribution >= 4 is 17.9 Å². The largest absolute Gasteiger partial charge is 0.339 e. The lowest BCUT2D eigenvalue weighted by Gasteiger charge is -2.16. The third kappa shape index (κ3) is 2.11. The van der Waals surface area contributed by atoms with Gasteiger partial charge in [-0.1, -0.05) is 24.2 Å². The van der Waals surface area contributed by atoms with E-state index in [1.807, 2.05) is 31.2 Å². The highest BCUT2D eigenvalue weighted by Gasteiger charge is 2.32. The summed E-state index contributed by atoms with van der Waals surface area (Å²) in [4.78, 5) is 22.7. The SMILES string of the molecule is CCC1N=CN(c2ccccc2-c2noc(C3CC3)n2)C1=O. The predicted molar refractivity (Wildman–Crippen MR) is 81.8 cm³/mol. The summed E-state index contributed by atoms with van der Waals surface area (Å²) < 4.78 is 5.33. The van der Waals surface area contributed by atoms with E-state index >= 15 is 0 Å². The maximum Gasteiger partial charge on any atom is 0.257 e. The standard InChI is InChI=1S/C16H16N4O2/c1-2-12-16(21)20(9-17-12)13-6-4-3-5-11(13)14-18-15(22-19-14)10-7-8-10/h3-6,9-10,12H,2,7-8H2,1H3. The molecule has 6 nitrogen and oxygen atoms in total. The average Bonchev–Trinajstić information content (AvgIpc) is 3.16. The van der Waals surface area contributed by atoms with Crippen molar-refractivity contribution in [2.45, 2.75) is 38.1 Å². The number of amides is 1. The second kappa shape index (κ2) is 5.05. The predicted octanol–water partition coefficient (Wildman–Crippen LogP) is 2.77. The van der Waals surface area contributed by atoms with Gasteiger partial charge in [0.15, 0.2) is 0 Å². The van der Waals surface area contributed by atoms with Crippen LogP contribution in [0.3, 0.4) is 0 Å². The molecule has 0 spiro atoms. The number of rotatable bonds is 4. The minimum atomic E-state index is -0.291. The second-order valence-electron chi connectivity index (χ2n) is 5.64. The Hall–Kier alpha value is -2.50. The Morgan fingerprint density at radius 1 is 1.32 bits per heavy atom. The molecule has 1 unspecified atom stereocenters. The second-order valence-corrected chi connectivity index (χ2v) is 5.64. The van der Waals surface area contributed by atoms with Gasteiger partial charge in [-0.15, -0.1) is 0 Å². The highest BCUT2D eigenvalue weighted by Crippen LogP contribution is 2.40. The molecule has 0 saturated heterocycles. The molecule has 1 amide bonds. The van der Waals surface area contributed by atoms with Gasteiger partial charge in [0.25, 0.3) is 5.91 Å². The first-order valence-corrected chi connectivity index (χ1v) is 7.57. The van der Waals surface area contributed by atoms with Crippen molar-refractivity contribution in [2.24, 2.45) is 4.99 Å².